The van der Waals surface area contributed by atoms with Crippen molar-refractivity contribution < 1.29 is 9.90 Å². The first kappa shape index (κ1) is 15.1. The van der Waals surface area contributed by atoms with Crippen molar-refractivity contribution in [3.8, 4) is 0 Å². The van der Waals surface area contributed by atoms with Crippen molar-refractivity contribution in [2.45, 2.75) is 24.8 Å². The maximum Gasteiger partial charge on any atom is 0.339 e. The maximum absolute atomic E-state index is 11.3. The number of carbonyl (C=O) groups is 1. The minimum absolute atomic E-state index is 0.106. The van der Waals surface area contributed by atoms with Gasteiger partial charge in [0.1, 0.15) is 16.5 Å². The number of nitrogens with zero attached hydrogens (tertiary/aromatic N) is 3. The van der Waals surface area contributed by atoms with E-state index in [1.807, 2.05) is 11.9 Å². The molecule has 0 spiro atoms. The molecule has 0 unspecified atom stereocenters. The van der Waals surface area contributed by atoms with Crippen molar-refractivity contribution in [1.29, 1.82) is 0 Å². The number of hydrogen-bond acceptors (Lipinski definition) is 4. The summed E-state index contributed by atoms with van der Waals surface area (Å²) in [5.74, 6) is -0.554. The Balaban J connectivity index is 2.27. The summed E-state index contributed by atoms with van der Waals surface area (Å²) in [6.45, 7) is 0.744. The van der Waals surface area contributed by atoms with Crippen molar-refractivity contribution in [3.63, 3.8) is 0 Å². The van der Waals surface area contributed by atoms with Gasteiger partial charge in [-0.2, -0.15) is 0 Å². The summed E-state index contributed by atoms with van der Waals surface area (Å²) < 4.78 is 0. The molecule has 1 fully saturated rings. The number of rotatable bonds is 5. The summed E-state index contributed by atoms with van der Waals surface area (Å²) in [7, 11) is 6.00. The first-order valence-electron chi connectivity index (χ1n) is 6.64. The second-order valence-electron chi connectivity index (χ2n) is 5.64. The van der Waals surface area contributed by atoms with Crippen molar-refractivity contribution >= 4 is 23.4 Å². The summed E-state index contributed by atoms with van der Waals surface area (Å²) in [5, 5.41) is 9.57. The van der Waals surface area contributed by atoms with E-state index in [0.717, 1.165) is 19.4 Å². The van der Waals surface area contributed by atoms with E-state index in [4.69, 9.17) is 11.6 Å². The molecule has 5 nitrogen and oxygen atoms in total. The fraction of sp³-hybridized carbons (Fsp3) is 0.571. The highest BCUT2D eigenvalue weighted by Gasteiger charge is 2.40. The summed E-state index contributed by atoms with van der Waals surface area (Å²) >= 11 is 5.91. The monoisotopic (exact) mass is 297 g/mol. The average Bonchev–Trinajstić information content (AvgIpc) is 2.32. The van der Waals surface area contributed by atoms with Crippen LogP contribution in [0, 0.1) is 0 Å². The van der Waals surface area contributed by atoms with E-state index in [2.05, 4.69) is 24.0 Å². The van der Waals surface area contributed by atoms with E-state index < -0.39 is 5.97 Å². The number of pyridine rings is 1. The molecule has 1 aromatic rings. The molecule has 1 aliphatic carbocycles. The van der Waals surface area contributed by atoms with E-state index >= 15 is 0 Å². The summed E-state index contributed by atoms with van der Waals surface area (Å²) in [6.07, 6.45) is 3.45. The van der Waals surface area contributed by atoms with Gasteiger partial charge in [-0.1, -0.05) is 11.6 Å². The van der Waals surface area contributed by atoms with Crippen LogP contribution in [0.2, 0.25) is 5.15 Å². The molecular formula is C14H20ClN3O2. The van der Waals surface area contributed by atoms with E-state index in [1.165, 1.54) is 18.6 Å². The Labute approximate surface area is 124 Å². The van der Waals surface area contributed by atoms with E-state index in [-0.39, 0.29) is 11.1 Å². The molecule has 1 heterocycles. The SMILES string of the molecule is CN(CC1(N(C)C)CCC1)c1nc(Cl)ccc1C(=O)O. The summed E-state index contributed by atoms with van der Waals surface area (Å²) in [6, 6.07) is 3.01. The number of hydrogen-bond donors (Lipinski definition) is 1. The minimum atomic E-state index is -0.983. The molecule has 110 valence electrons. The molecule has 1 N–H and O–H groups in total. The Hall–Kier alpha value is -1.33. The molecule has 0 radical (unpaired) electrons. The smallest absolute Gasteiger partial charge is 0.339 e. The van der Waals surface area contributed by atoms with Gasteiger partial charge in [0.15, 0.2) is 0 Å². The van der Waals surface area contributed by atoms with Gasteiger partial charge in [0.05, 0.1) is 0 Å². The van der Waals surface area contributed by atoms with Gasteiger partial charge in [-0.05, 0) is 45.5 Å². The van der Waals surface area contributed by atoms with Crippen LogP contribution in [-0.2, 0) is 0 Å². The molecule has 0 atom stereocenters. The lowest BCUT2D eigenvalue weighted by Gasteiger charge is -2.49. The van der Waals surface area contributed by atoms with Crippen LogP contribution in [-0.4, -0.2) is 54.2 Å². The quantitative estimate of drug-likeness (QED) is 0.846. The van der Waals surface area contributed by atoms with Gasteiger partial charge < -0.3 is 14.9 Å². The van der Waals surface area contributed by atoms with Crippen molar-refractivity contribution in [2.24, 2.45) is 0 Å². The van der Waals surface area contributed by atoms with Crippen LogP contribution in [0.3, 0.4) is 0 Å². The number of aromatic carboxylic acids is 1. The average molecular weight is 298 g/mol. The zero-order chi connectivity index (χ0) is 14.9. The van der Waals surface area contributed by atoms with Gasteiger partial charge in [-0.25, -0.2) is 9.78 Å². The Kier molecular flexibility index (Phi) is 4.20. The standard InChI is InChI=1S/C14H20ClN3O2/c1-17(2)14(7-4-8-14)9-18(3)12-10(13(19)20)5-6-11(15)16-12/h5-6H,4,7-9H2,1-3H3,(H,19,20). The highest BCUT2D eigenvalue weighted by Crippen LogP contribution is 2.37. The first-order chi connectivity index (χ1) is 9.35. The van der Waals surface area contributed by atoms with Crippen LogP contribution in [0.5, 0.6) is 0 Å². The maximum atomic E-state index is 11.3. The number of likely N-dealkylation sites (N-methyl/N-ethyl adjacent to an activating group) is 2. The molecule has 0 amide bonds. The van der Waals surface area contributed by atoms with Gasteiger partial charge in [0, 0.05) is 19.1 Å². The van der Waals surface area contributed by atoms with Crippen molar-refractivity contribution in [1.82, 2.24) is 9.88 Å². The molecular weight excluding hydrogens is 278 g/mol. The molecule has 2 rings (SSSR count). The second-order valence-corrected chi connectivity index (χ2v) is 6.03. The Bertz CT molecular complexity index is 515. The number of anilines is 1. The van der Waals surface area contributed by atoms with Crippen LogP contribution < -0.4 is 4.90 Å². The zero-order valence-corrected chi connectivity index (χ0v) is 12.8. The van der Waals surface area contributed by atoms with Gasteiger partial charge in [-0.15, -0.1) is 0 Å². The highest BCUT2D eigenvalue weighted by molar-refractivity contribution is 6.29. The Morgan fingerprint density at radius 3 is 2.50 bits per heavy atom. The van der Waals surface area contributed by atoms with Crippen molar-refractivity contribution in [3.05, 3.63) is 22.8 Å². The first-order valence-corrected chi connectivity index (χ1v) is 7.02. The van der Waals surface area contributed by atoms with Gasteiger partial charge in [-0.3, -0.25) is 0 Å². The van der Waals surface area contributed by atoms with E-state index in [9.17, 15) is 9.90 Å². The van der Waals surface area contributed by atoms with Crippen molar-refractivity contribution in [2.75, 3.05) is 32.6 Å². The number of halogens is 1. The molecule has 0 aromatic carbocycles. The fourth-order valence-electron chi connectivity index (χ4n) is 2.73. The number of aromatic nitrogens is 1. The third-order valence-corrected chi connectivity index (χ3v) is 4.41. The molecule has 6 heteroatoms. The highest BCUT2D eigenvalue weighted by atomic mass is 35.5. The Morgan fingerprint density at radius 1 is 1.40 bits per heavy atom. The third-order valence-electron chi connectivity index (χ3n) is 4.20. The normalized spacial score (nSPS) is 16.9. The predicted octanol–water partition coefficient (Wildman–Crippen LogP) is 2.35. The predicted molar refractivity (Wildman–Crippen MR) is 79.7 cm³/mol. The third kappa shape index (κ3) is 2.74. The Morgan fingerprint density at radius 2 is 2.05 bits per heavy atom. The molecule has 0 aliphatic heterocycles. The van der Waals surface area contributed by atoms with Crippen LogP contribution >= 0.6 is 11.6 Å². The lowest BCUT2D eigenvalue weighted by Crippen LogP contribution is -2.57. The molecule has 0 saturated heterocycles. The number of carboxylic acids is 1. The molecule has 1 aliphatic rings. The minimum Gasteiger partial charge on any atom is -0.478 e. The van der Waals surface area contributed by atoms with Gasteiger partial charge in [0.2, 0.25) is 0 Å². The fourth-order valence-corrected chi connectivity index (χ4v) is 2.87. The summed E-state index contributed by atoms with van der Waals surface area (Å²) in [4.78, 5) is 19.6. The molecule has 20 heavy (non-hydrogen) atoms. The largest absolute Gasteiger partial charge is 0.478 e. The summed E-state index contributed by atoms with van der Waals surface area (Å²) in [5.41, 5.74) is 0.291. The lowest BCUT2D eigenvalue weighted by molar-refractivity contribution is 0.0669. The van der Waals surface area contributed by atoms with Gasteiger partial charge in [0.25, 0.3) is 0 Å². The molecule has 0 bridgehead atoms. The van der Waals surface area contributed by atoms with Crippen LogP contribution in [0.15, 0.2) is 12.1 Å². The zero-order valence-electron chi connectivity index (χ0n) is 12.1. The molecule has 1 aromatic heterocycles. The van der Waals surface area contributed by atoms with E-state index in [0.29, 0.717) is 11.0 Å². The van der Waals surface area contributed by atoms with Crippen LogP contribution in [0.25, 0.3) is 0 Å². The number of carboxylic acid groups (broad SMARTS) is 1. The van der Waals surface area contributed by atoms with Crippen LogP contribution in [0.1, 0.15) is 29.6 Å². The topological polar surface area (TPSA) is 56.7 Å². The van der Waals surface area contributed by atoms with Crippen LogP contribution in [0.4, 0.5) is 5.82 Å². The van der Waals surface area contributed by atoms with Gasteiger partial charge >= 0.3 is 5.97 Å². The van der Waals surface area contributed by atoms with E-state index in [1.54, 1.807) is 0 Å². The molecule has 1 saturated carbocycles. The second kappa shape index (κ2) is 5.58. The lowest BCUT2D eigenvalue weighted by atomic mass is 9.75.